The maximum absolute atomic E-state index is 12.0. The molecule has 6 nitrogen and oxygen atoms in total. The van der Waals surface area contributed by atoms with Gasteiger partial charge in [0.1, 0.15) is 12.7 Å². The van der Waals surface area contributed by atoms with Crippen molar-refractivity contribution in [2.24, 2.45) is 28.6 Å². The first-order valence-electron chi connectivity index (χ1n) is 11.0. The third-order valence-electron chi connectivity index (χ3n) is 9.11. The van der Waals surface area contributed by atoms with Crippen LogP contribution in [0.1, 0.15) is 65.7 Å². The molecule has 3 N–H and O–H groups in total. The largest absolute Gasteiger partial charge is 0.463 e. The third kappa shape index (κ3) is 2.94. The van der Waals surface area contributed by atoms with Gasteiger partial charge < -0.3 is 20.1 Å². The summed E-state index contributed by atoms with van der Waals surface area (Å²) in [5.41, 5.74) is -1.02. The molecule has 0 aromatic rings. The summed E-state index contributed by atoms with van der Waals surface area (Å²) in [6.45, 7) is 5.24. The molecular weight excluding hydrogens is 372 g/mol. The van der Waals surface area contributed by atoms with E-state index in [2.05, 4.69) is 6.92 Å². The van der Waals surface area contributed by atoms with E-state index in [4.69, 9.17) is 4.74 Å². The van der Waals surface area contributed by atoms with Gasteiger partial charge in [-0.2, -0.15) is 0 Å². The van der Waals surface area contributed by atoms with Crippen molar-refractivity contribution in [1.29, 1.82) is 0 Å². The van der Waals surface area contributed by atoms with E-state index in [-0.39, 0.29) is 35.6 Å². The van der Waals surface area contributed by atoms with Crippen LogP contribution in [0, 0.1) is 28.6 Å². The summed E-state index contributed by atoms with van der Waals surface area (Å²) >= 11 is 0. The molecule has 0 aromatic carbocycles. The maximum Gasteiger partial charge on any atom is 0.302 e. The predicted octanol–water partition coefficient (Wildman–Crippen LogP) is 2.14. The van der Waals surface area contributed by atoms with Crippen LogP contribution in [0.15, 0.2) is 11.6 Å². The van der Waals surface area contributed by atoms with E-state index >= 15 is 0 Å². The van der Waals surface area contributed by atoms with Crippen LogP contribution in [0.25, 0.3) is 0 Å². The lowest BCUT2D eigenvalue weighted by Crippen LogP contribution is -2.63. The summed E-state index contributed by atoms with van der Waals surface area (Å²) in [6, 6.07) is 0. The van der Waals surface area contributed by atoms with Crippen LogP contribution >= 0.6 is 0 Å². The highest BCUT2D eigenvalue weighted by Gasteiger charge is 2.68. The monoisotopic (exact) mass is 406 g/mol. The van der Waals surface area contributed by atoms with Crippen LogP contribution in [0.4, 0.5) is 0 Å². The minimum atomic E-state index is -1.39. The van der Waals surface area contributed by atoms with Gasteiger partial charge in [-0.15, -0.1) is 0 Å². The molecule has 4 aliphatic carbocycles. The van der Waals surface area contributed by atoms with E-state index in [9.17, 15) is 24.9 Å². The number of ether oxygens (including phenoxy) is 1. The fraction of sp³-hybridized carbons (Fsp3) is 0.826. The van der Waals surface area contributed by atoms with Crippen LogP contribution in [0.2, 0.25) is 0 Å². The Kier molecular flexibility index (Phi) is 4.99. The molecule has 8 atom stereocenters. The minimum Gasteiger partial charge on any atom is -0.463 e. The van der Waals surface area contributed by atoms with Crippen molar-refractivity contribution >= 4 is 11.8 Å². The van der Waals surface area contributed by atoms with E-state index in [0.717, 1.165) is 25.7 Å². The van der Waals surface area contributed by atoms with Crippen molar-refractivity contribution < 1.29 is 29.6 Å². The molecule has 3 saturated carbocycles. The fourth-order valence-electron chi connectivity index (χ4n) is 7.61. The second kappa shape index (κ2) is 6.89. The summed E-state index contributed by atoms with van der Waals surface area (Å²) in [4.78, 5) is 23.1. The molecule has 0 spiro atoms. The molecule has 0 bridgehead atoms. The Balaban J connectivity index is 1.65. The smallest absolute Gasteiger partial charge is 0.302 e. The number of rotatable bonds is 3. The molecule has 0 saturated heterocycles. The highest BCUT2D eigenvalue weighted by atomic mass is 16.5. The average Bonchev–Trinajstić information content (AvgIpc) is 2.91. The van der Waals surface area contributed by atoms with Crippen molar-refractivity contribution in [2.45, 2.75) is 83.5 Å². The number of fused-ring (bicyclic) bond motifs is 5. The van der Waals surface area contributed by atoms with Gasteiger partial charge in [-0.3, -0.25) is 9.59 Å². The van der Waals surface area contributed by atoms with E-state index in [1.54, 1.807) is 0 Å². The molecule has 4 aliphatic rings. The quantitative estimate of drug-likeness (QED) is 0.621. The van der Waals surface area contributed by atoms with Gasteiger partial charge in [0.15, 0.2) is 5.78 Å². The number of hydrogen-bond donors (Lipinski definition) is 3. The summed E-state index contributed by atoms with van der Waals surface area (Å²) < 4.78 is 4.99. The Morgan fingerprint density at radius 3 is 2.69 bits per heavy atom. The number of esters is 1. The molecule has 0 amide bonds. The summed E-state index contributed by atoms with van der Waals surface area (Å²) in [5, 5.41) is 33.6. The van der Waals surface area contributed by atoms with E-state index < -0.39 is 29.2 Å². The number of hydrogen-bond acceptors (Lipinski definition) is 6. The normalized spacial score (nSPS) is 47.5. The maximum atomic E-state index is 12.0. The molecule has 29 heavy (non-hydrogen) atoms. The zero-order chi connectivity index (χ0) is 21.2. The number of allylic oxidation sites excluding steroid dienone is 1. The van der Waals surface area contributed by atoms with Gasteiger partial charge in [-0.05, 0) is 67.8 Å². The van der Waals surface area contributed by atoms with Gasteiger partial charge >= 0.3 is 5.97 Å². The number of carbonyl (C=O) groups is 2. The summed E-state index contributed by atoms with van der Waals surface area (Å²) in [7, 11) is 0. The fourth-order valence-corrected chi connectivity index (χ4v) is 7.61. The van der Waals surface area contributed by atoms with Gasteiger partial charge in [0, 0.05) is 18.8 Å². The zero-order valence-electron chi connectivity index (χ0n) is 17.7. The minimum absolute atomic E-state index is 0.0710. The number of ketones is 1. The standard InChI is InChI=1S/C23H34O6/c1-13(24)29-12-19(27)23(28)9-7-17-16-5-4-14-10-15(25)6-8-21(14,2)20(16)18(26)11-22(17,23)3/h10,16-20,26-28H,4-9,11-12H2,1-3H3/t16?,17?,18-,19?,20?,21-,22-,23-/m0/s1. The second-order valence-corrected chi connectivity index (χ2v) is 10.4. The van der Waals surface area contributed by atoms with Gasteiger partial charge in [0.25, 0.3) is 0 Å². The predicted molar refractivity (Wildman–Crippen MR) is 106 cm³/mol. The Morgan fingerprint density at radius 1 is 1.28 bits per heavy atom. The average molecular weight is 407 g/mol. The Morgan fingerprint density at radius 2 is 2.00 bits per heavy atom. The molecule has 0 aliphatic heterocycles. The molecule has 4 unspecified atom stereocenters. The molecule has 3 fully saturated rings. The van der Waals surface area contributed by atoms with E-state index in [0.29, 0.717) is 19.3 Å². The number of aliphatic hydroxyl groups excluding tert-OH is 2. The van der Waals surface area contributed by atoms with Gasteiger partial charge in [0.05, 0.1) is 11.7 Å². The highest BCUT2D eigenvalue weighted by Crippen LogP contribution is 2.68. The van der Waals surface area contributed by atoms with Gasteiger partial charge in [0.2, 0.25) is 0 Å². The van der Waals surface area contributed by atoms with E-state index in [1.807, 2.05) is 13.0 Å². The van der Waals surface area contributed by atoms with Crippen molar-refractivity contribution in [3.8, 4) is 0 Å². The summed E-state index contributed by atoms with van der Waals surface area (Å²) in [5.74, 6) is 0.205. The Hall–Kier alpha value is -1.24. The molecule has 0 heterocycles. The van der Waals surface area contributed by atoms with Gasteiger partial charge in [-0.1, -0.05) is 19.4 Å². The zero-order valence-corrected chi connectivity index (χ0v) is 17.7. The number of aliphatic hydroxyl groups is 3. The topological polar surface area (TPSA) is 104 Å². The van der Waals surface area contributed by atoms with Crippen LogP contribution in [0.5, 0.6) is 0 Å². The van der Waals surface area contributed by atoms with E-state index in [1.165, 1.54) is 12.5 Å². The van der Waals surface area contributed by atoms with Crippen molar-refractivity contribution in [1.82, 2.24) is 0 Å². The van der Waals surface area contributed by atoms with Crippen LogP contribution in [0.3, 0.4) is 0 Å². The lowest BCUT2D eigenvalue weighted by molar-refractivity contribution is -0.210. The highest BCUT2D eigenvalue weighted by molar-refractivity contribution is 5.91. The molecule has 4 rings (SSSR count). The molecule has 0 aromatic heterocycles. The van der Waals surface area contributed by atoms with Crippen molar-refractivity contribution in [3.63, 3.8) is 0 Å². The first-order valence-corrected chi connectivity index (χ1v) is 11.0. The molecule has 162 valence electrons. The lowest BCUT2D eigenvalue weighted by atomic mass is 9.45. The van der Waals surface area contributed by atoms with Crippen LogP contribution in [-0.2, 0) is 14.3 Å². The van der Waals surface area contributed by atoms with Crippen molar-refractivity contribution in [2.75, 3.05) is 6.61 Å². The SMILES string of the molecule is CC(=O)OCC(O)[C@@]1(O)CCC2C3CCC4=CC(=O)CC[C@]4(C)C3[C@@H](O)C[C@@]21C. The van der Waals surface area contributed by atoms with Crippen LogP contribution < -0.4 is 0 Å². The molecule has 6 heteroatoms. The third-order valence-corrected chi connectivity index (χ3v) is 9.11. The van der Waals surface area contributed by atoms with Gasteiger partial charge in [-0.25, -0.2) is 0 Å². The molecular formula is C23H34O6. The van der Waals surface area contributed by atoms with Crippen molar-refractivity contribution in [3.05, 3.63) is 11.6 Å². The Bertz CT molecular complexity index is 746. The second-order valence-electron chi connectivity index (χ2n) is 10.4. The lowest BCUT2D eigenvalue weighted by Gasteiger charge is -2.61. The number of carbonyl (C=O) groups excluding carboxylic acids is 2. The first-order chi connectivity index (χ1) is 13.5. The molecule has 0 radical (unpaired) electrons. The first kappa shape index (κ1) is 21.0. The Labute approximate surface area is 172 Å². The van der Waals surface area contributed by atoms with Crippen LogP contribution in [-0.4, -0.2) is 51.5 Å². The summed E-state index contributed by atoms with van der Waals surface area (Å²) in [6.07, 6.45) is 4.72.